The molecule has 0 bridgehead atoms. The molecular formula is C25H82O3Si6. The van der Waals surface area contributed by atoms with Crippen LogP contribution in [0.15, 0.2) is 0 Å². The minimum absolute atomic E-state index is 0. The molecule has 9 heteroatoms. The standard InChI is InChI=1S/3C6H18OSi2.7CH4/c3*1-8(2,3)7-9(4,5)6;;;;;;;/h3*1-6H3;7*1H4. The normalized spacial score (nSPS) is 11.1. The second-order valence-electron chi connectivity index (χ2n) is 13.0. The maximum Gasteiger partial charge on any atom is 0.170 e. The van der Waals surface area contributed by atoms with Gasteiger partial charge in [-0.1, -0.05) is 52.0 Å². The van der Waals surface area contributed by atoms with Crippen molar-refractivity contribution in [3.8, 4) is 0 Å². The molecule has 0 spiro atoms. The quantitative estimate of drug-likeness (QED) is 0.284. The minimum Gasteiger partial charge on any atom is -0.456 e. The molecule has 0 aliphatic heterocycles. The molecule has 0 heterocycles. The molecule has 0 unspecified atom stereocenters. The maximum absolute atomic E-state index is 5.90. The summed E-state index contributed by atoms with van der Waals surface area (Å²) < 4.78 is 17.7. The molecule has 0 saturated heterocycles. The van der Waals surface area contributed by atoms with E-state index in [1.54, 1.807) is 0 Å². The van der Waals surface area contributed by atoms with Gasteiger partial charge in [0.05, 0.1) is 0 Å². The third-order valence-electron chi connectivity index (χ3n) is 1.84. The van der Waals surface area contributed by atoms with Crippen LogP contribution < -0.4 is 0 Å². The predicted molar refractivity (Wildman–Crippen MR) is 190 cm³/mol. The summed E-state index contributed by atoms with van der Waals surface area (Å²) in [5.41, 5.74) is 0. The van der Waals surface area contributed by atoms with Crippen molar-refractivity contribution in [2.45, 2.75) is 170 Å². The summed E-state index contributed by atoms with van der Waals surface area (Å²) in [6, 6.07) is 0. The van der Waals surface area contributed by atoms with Crippen LogP contribution >= 0.6 is 0 Å². The van der Waals surface area contributed by atoms with Crippen molar-refractivity contribution in [1.29, 1.82) is 0 Å². The summed E-state index contributed by atoms with van der Waals surface area (Å²) in [7, 11) is -7.39. The Hall–Kier alpha value is 1.18. The van der Waals surface area contributed by atoms with E-state index in [1.165, 1.54) is 0 Å². The topological polar surface area (TPSA) is 27.7 Å². The fraction of sp³-hybridized carbons (Fsp3) is 1.00. The summed E-state index contributed by atoms with van der Waals surface area (Å²) in [4.78, 5) is 0. The van der Waals surface area contributed by atoms with E-state index in [-0.39, 0.29) is 52.0 Å². The Morgan fingerprint density at radius 2 is 0.265 bits per heavy atom. The summed E-state index contributed by atoms with van der Waals surface area (Å²) in [6.45, 7) is 40.3. The molecule has 3 nitrogen and oxygen atoms in total. The van der Waals surface area contributed by atoms with Crippen LogP contribution in [0.3, 0.4) is 0 Å². The van der Waals surface area contributed by atoms with E-state index in [0.717, 1.165) is 0 Å². The highest BCUT2D eigenvalue weighted by molar-refractivity contribution is 6.84. The van der Waals surface area contributed by atoms with Gasteiger partial charge < -0.3 is 12.3 Å². The smallest absolute Gasteiger partial charge is 0.170 e. The molecule has 0 radical (unpaired) electrons. The van der Waals surface area contributed by atoms with Crippen LogP contribution in [0, 0.1) is 0 Å². The van der Waals surface area contributed by atoms with Crippen LogP contribution in [-0.2, 0) is 12.3 Å². The lowest BCUT2D eigenvalue weighted by Gasteiger charge is -2.27. The van der Waals surface area contributed by atoms with Gasteiger partial charge in [-0.25, -0.2) is 0 Å². The lowest BCUT2D eigenvalue weighted by molar-refractivity contribution is 0.558. The van der Waals surface area contributed by atoms with E-state index in [0.29, 0.717) is 0 Å². The van der Waals surface area contributed by atoms with Crippen molar-refractivity contribution in [3.63, 3.8) is 0 Å². The monoisotopic (exact) mass is 598 g/mol. The summed E-state index contributed by atoms with van der Waals surface area (Å²) >= 11 is 0. The van der Waals surface area contributed by atoms with Crippen molar-refractivity contribution in [2.75, 3.05) is 0 Å². The van der Waals surface area contributed by atoms with Gasteiger partial charge in [-0.3, -0.25) is 0 Å². The molecule has 0 aromatic carbocycles. The zero-order valence-electron chi connectivity index (χ0n) is 22.2. The summed E-state index contributed by atoms with van der Waals surface area (Å²) in [5, 5.41) is 0. The lowest BCUT2D eigenvalue weighted by Crippen LogP contribution is -2.39. The Morgan fingerprint density at radius 3 is 0.265 bits per heavy atom. The minimum atomic E-state index is -1.23. The Labute approximate surface area is 231 Å². The van der Waals surface area contributed by atoms with Crippen LogP contribution in [0.1, 0.15) is 52.0 Å². The van der Waals surface area contributed by atoms with Crippen molar-refractivity contribution in [1.82, 2.24) is 0 Å². The van der Waals surface area contributed by atoms with Crippen LogP contribution in [0.5, 0.6) is 0 Å². The second-order valence-corrected chi connectivity index (χ2v) is 40.8. The molecule has 0 aromatic heterocycles. The maximum atomic E-state index is 5.90. The van der Waals surface area contributed by atoms with E-state index >= 15 is 0 Å². The molecular weight excluding hydrogens is 517 g/mol. The van der Waals surface area contributed by atoms with Gasteiger partial charge >= 0.3 is 0 Å². The SMILES string of the molecule is C.C.C.C.C.C.C.C[Si](C)(C)O[Si](C)(C)C.C[Si](C)(C)O[Si](C)(C)C.C[Si](C)(C)O[Si](C)(C)C. The molecule has 0 rings (SSSR count). The van der Waals surface area contributed by atoms with E-state index < -0.39 is 49.9 Å². The van der Waals surface area contributed by atoms with Gasteiger partial charge in [0.25, 0.3) is 0 Å². The Kier molecular flexibility index (Phi) is 44.4. The van der Waals surface area contributed by atoms with Crippen molar-refractivity contribution in [2.24, 2.45) is 0 Å². The van der Waals surface area contributed by atoms with Crippen LogP contribution in [0.25, 0.3) is 0 Å². The predicted octanol–water partition coefficient (Wildman–Crippen LogP) is 12.5. The summed E-state index contributed by atoms with van der Waals surface area (Å²) in [6.07, 6.45) is 0. The molecule has 0 N–H and O–H groups in total. The molecule has 0 atom stereocenters. The van der Waals surface area contributed by atoms with Gasteiger partial charge in [-0.05, 0) is 118 Å². The number of rotatable bonds is 6. The largest absolute Gasteiger partial charge is 0.456 e. The molecule has 0 aliphatic carbocycles. The molecule has 224 valence electrons. The van der Waals surface area contributed by atoms with E-state index in [9.17, 15) is 0 Å². The third-order valence-corrected chi connectivity index (χ3v) is 16.5. The van der Waals surface area contributed by atoms with E-state index in [1.807, 2.05) is 0 Å². The highest BCUT2D eigenvalue weighted by atomic mass is 28.4. The molecule has 0 aliphatic rings. The van der Waals surface area contributed by atoms with Crippen molar-refractivity contribution >= 4 is 49.9 Å². The average molecular weight is 599 g/mol. The highest BCUT2D eigenvalue weighted by Gasteiger charge is 2.25. The van der Waals surface area contributed by atoms with Gasteiger partial charge in [-0.2, -0.15) is 0 Å². The highest BCUT2D eigenvalue weighted by Crippen LogP contribution is 2.14. The Bertz CT molecular complexity index is 294. The van der Waals surface area contributed by atoms with Gasteiger partial charge in [0.1, 0.15) is 0 Å². The zero-order chi connectivity index (χ0) is 23.1. The van der Waals surface area contributed by atoms with Gasteiger partial charge in [-0.15, -0.1) is 0 Å². The first-order chi connectivity index (χ1) is 11.1. The Balaban J connectivity index is -0.0000000288. The third kappa shape index (κ3) is 93.4. The van der Waals surface area contributed by atoms with Gasteiger partial charge in [0.2, 0.25) is 0 Å². The average Bonchev–Trinajstić information content (AvgIpc) is 1.96. The molecule has 0 fully saturated rings. The van der Waals surface area contributed by atoms with Crippen LogP contribution in [0.4, 0.5) is 0 Å². The number of hydrogen-bond donors (Lipinski definition) is 0. The van der Waals surface area contributed by atoms with E-state index in [4.69, 9.17) is 12.3 Å². The van der Waals surface area contributed by atoms with Crippen molar-refractivity contribution < 1.29 is 12.3 Å². The molecule has 0 aromatic rings. The fourth-order valence-electron chi connectivity index (χ4n) is 2.76. The fourth-order valence-corrected chi connectivity index (χ4v) is 24.8. The zero-order valence-corrected chi connectivity index (χ0v) is 28.2. The van der Waals surface area contributed by atoms with Crippen molar-refractivity contribution in [3.05, 3.63) is 0 Å². The molecule has 34 heavy (non-hydrogen) atoms. The van der Waals surface area contributed by atoms with E-state index in [2.05, 4.69) is 118 Å². The van der Waals surface area contributed by atoms with Gasteiger partial charge in [0.15, 0.2) is 49.9 Å². The van der Waals surface area contributed by atoms with Crippen LogP contribution in [-0.4, -0.2) is 49.9 Å². The van der Waals surface area contributed by atoms with Gasteiger partial charge in [0, 0.05) is 0 Å². The first kappa shape index (κ1) is 64.8. The lowest BCUT2D eigenvalue weighted by atomic mass is 11.8. The summed E-state index contributed by atoms with van der Waals surface area (Å²) in [5.74, 6) is 0. The first-order valence-electron chi connectivity index (χ1n) is 10.2. The number of hydrogen-bond acceptors (Lipinski definition) is 3. The second kappa shape index (κ2) is 23.3. The van der Waals surface area contributed by atoms with Crippen LogP contribution in [0.2, 0.25) is 118 Å². The Morgan fingerprint density at radius 1 is 0.206 bits per heavy atom. The molecule has 0 amide bonds. The first-order valence-corrected chi connectivity index (χ1v) is 30.7. The molecule has 0 saturated carbocycles.